The highest BCUT2D eigenvalue weighted by Gasteiger charge is 2.13. The van der Waals surface area contributed by atoms with E-state index in [0.717, 1.165) is 13.0 Å². The maximum atomic E-state index is 12.2. The van der Waals surface area contributed by atoms with Crippen LogP contribution in [-0.2, 0) is 0 Å². The van der Waals surface area contributed by atoms with E-state index in [2.05, 4.69) is 13.8 Å². The average molecular weight is 250 g/mol. The van der Waals surface area contributed by atoms with Crippen LogP contribution < -0.4 is 10.5 Å². The first-order valence-corrected chi connectivity index (χ1v) is 6.14. The lowest BCUT2D eigenvalue weighted by molar-refractivity contribution is 0.0789. The topological polar surface area (TPSA) is 55.6 Å². The second kappa shape index (κ2) is 6.28. The molecule has 0 saturated carbocycles. The molecule has 0 aromatic heterocycles. The smallest absolute Gasteiger partial charge is 0.253 e. The van der Waals surface area contributed by atoms with Crippen molar-refractivity contribution in [2.75, 3.05) is 26.4 Å². The fourth-order valence-corrected chi connectivity index (χ4v) is 1.64. The second-order valence-electron chi connectivity index (χ2n) is 4.90. The van der Waals surface area contributed by atoms with Gasteiger partial charge in [0, 0.05) is 30.9 Å². The summed E-state index contributed by atoms with van der Waals surface area (Å²) in [7, 11) is 3.37. The van der Waals surface area contributed by atoms with E-state index in [1.54, 1.807) is 37.3 Å². The molecule has 1 aromatic rings. The molecular weight excluding hydrogens is 228 g/mol. The third-order valence-electron chi connectivity index (χ3n) is 2.80. The first-order valence-electron chi connectivity index (χ1n) is 6.14. The summed E-state index contributed by atoms with van der Waals surface area (Å²) < 4.78 is 5.11. The Morgan fingerprint density at radius 2 is 2.06 bits per heavy atom. The Morgan fingerprint density at radius 1 is 1.39 bits per heavy atom. The number of hydrogen-bond acceptors (Lipinski definition) is 3. The number of nitrogen functional groups attached to an aromatic ring is 1. The largest absolute Gasteiger partial charge is 0.497 e. The van der Waals surface area contributed by atoms with Crippen molar-refractivity contribution in [3.8, 4) is 5.75 Å². The summed E-state index contributed by atoms with van der Waals surface area (Å²) in [5.41, 5.74) is 6.85. The van der Waals surface area contributed by atoms with Crippen LogP contribution in [-0.4, -0.2) is 31.5 Å². The van der Waals surface area contributed by atoms with Crippen molar-refractivity contribution < 1.29 is 9.53 Å². The van der Waals surface area contributed by atoms with E-state index in [1.165, 1.54) is 0 Å². The van der Waals surface area contributed by atoms with Gasteiger partial charge < -0.3 is 15.4 Å². The summed E-state index contributed by atoms with van der Waals surface area (Å²) in [6.45, 7) is 5.03. The highest BCUT2D eigenvalue weighted by Crippen LogP contribution is 2.19. The number of amides is 1. The molecule has 1 aromatic carbocycles. The third-order valence-corrected chi connectivity index (χ3v) is 2.80. The van der Waals surface area contributed by atoms with Crippen LogP contribution in [0.15, 0.2) is 18.2 Å². The van der Waals surface area contributed by atoms with Crippen molar-refractivity contribution in [2.45, 2.75) is 20.3 Å². The Kier molecular flexibility index (Phi) is 5.01. The molecule has 0 aliphatic carbocycles. The first kappa shape index (κ1) is 14.4. The molecule has 100 valence electrons. The number of rotatable bonds is 5. The lowest BCUT2D eigenvalue weighted by Gasteiger charge is -2.19. The molecule has 0 unspecified atom stereocenters. The van der Waals surface area contributed by atoms with Gasteiger partial charge in [-0.2, -0.15) is 0 Å². The normalized spacial score (nSPS) is 10.5. The van der Waals surface area contributed by atoms with E-state index in [1.807, 2.05) is 0 Å². The minimum absolute atomic E-state index is 0.0266. The minimum Gasteiger partial charge on any atom is -0.497 e. The number of nitrogens with zero attached hydrogens (tertiary/aromatic N) is 1. The summed E-state index contributed by atoms with van der Waals surface area (Å²) in [6.07, 6.45) is 0.988. The van der Waals surface area contributed by atoms with Gasteiger partial charge in [0.05, 0.1) is 7.11 Å². The molecule has 1 amide bonds. The van der Waals surface area contributed by atoms with Crippen molar-refractivity contribution in [1.29, 1.82) is 0 Å². The van der Waals surface area contributed by atoms with Crippen LogP contribution in [0.3, 0.4) is 0 Å². The first-order chi connectivity index (χ1) is 8.43. The predicted octanol–water partition coefficient (Wildman–Crippen LogP) is 2.40. The van der Waals surface area contributed by atoms with Crippen LogP contribution in [0.1, 0.15) is 30.6 Å². The second-order valence-corrected chi connectivity index (χ2v) is 4.90. The van der Waals surface area contributed by atoms with Gasteiger partial charge in [-0.15, -0.1) is 0 Å². The molecule has 0 saturated heterocycles. The molecule has 0 aliphatic heterocycles. The summed E-state index contributed by atoms with van der Waals surface area (Å²) in [5, 5.41) is 0. The zero-order chi connectivity index (χ0) is 13.7. The van der Waals surface area contributed by atoms with Crippen LogP contribution in [0.25, 0.3) is 0 Å². The maximum Gasteiger partial charge on any atom is 0.253 e. The summed E-state index contributed by atoms with van der Waals surface area (Å²) in [6, 6.07) is 5.09. The lowest BCUT2D eigenvalue weighted by Crippen LogP contribution is -2.28. The number of anilines is 1. The molecule has 0 heterocycles. The fourth-order valence-electron chi connectivity index (χ4n) is 1.64. The number of hydrogen-bond donors (Lipinski definition) is 1. The van der Waals surface area contributed by atoms with Crippen LogP contribution in [0.5, 0.6) is 5.75 Å². The quantitative estimate of drug-likeness (QED) is 0.816. The summed E-state index contributed by atoms with van der Waals surface area (Å²) in [5.74, 6) is 1.16. The summed E-state index contributed by atoms with van der Waals surface area (Å²) in [4.78, 5) is 13.9. The molecule has 2 N–H and O–H groups in total. The maximum absolute atomic E-state index is 12.2. The molecule has 0 aliphatic rings. The Hall–Kier alpha value is -1.71. The number of benzene rings is 1. The average Bonchev–Trinajstić information content (AvgIpc) is 2.34. The van der Waals surface area contributed by atoms with Crippen molar-refractivity contribution >= 4 is 11.6 Å². The van der Waals surface area contributed by atoms with Crippen LogP contribution >= 0.6 is 0 Å². The van der Waals surface area contributed by atoms with Gasteiger partial charge in [0.25, 0.3) is 5.91 Å². The van der Waals surface area contributed by atoms with Crippen molar-refractivity contribution in [1.82, 2.24) is 4.90 Å². The van der Waals surface area contributed by atoms with Gasteiger partial charge in [-0.1, -0.05) is 13.8 Å². The Morgan fingerprint density at radius 3 is 2.61 bits per heavy atom. The minimum atomic E-state index is -0.0266. The zero-order valence-electron chi connectivity index (χ0n) is 11.6. The van der Waals surface area contributed by atoms with E-state index in [9.17, 15) is 4.79 Å². The van der Waals surface area contributed by atoms with Crippen molar-refractivity contribution in [3.05, 3.63) is 23.8 Å². The molecule has 1 rings (SSSR count). The third kappa shape index (κ3) is 3.95. The van der Waals surface area contributed by atoms with E-state index in [4.69, 9.17) is 10.5 Å². The number of ether oxygens (including phenoxy) is 1. The Labute approximate surface area is 109 Å². The van der Waals surface area contributed by atoms with Crippen LogP contribution in [0, 0.1) is 5.92 Å². The highest BCUT2D eigenvalue weighted by atomic mass is 16.5. The van der Waals surface area contributed by atoms with Gasteiger partial charge in [-0.3, -0.25) is 4.79 Å². The highest BCUT2D eigenvalue weighted by molar-refractivity contribution is 5.95. The van der Waals surface area contributed by atoms with E-state index in [-0.39, 0.29) is 5.91 Å². The lowest BCUT2D eigenvalue weighted by atomic mass is 10.1. The van der Waals surface area contributed by atoms with E-state index in [0.29, 0.717) is 22.9 Å². The molecule has 18 heavy (non-hydrogen) atoms. The number of nitrogens with two attached hydrogens (primary N) is 1. The molecule has 4 heteroatoms. The fraction of sp³-hybridized carbons (Fsp3) is 0.500. The Bertz CT molecular complexity index is 416. The number of carbonyl (C=O) groups excluding carboxylic acids is 1. The van der Waals surface area contributed by atoms with E-state index >= 15 is 0 Å². The van der Waals surface area contributed by atoms with Crippen molar-refractivity contribution in [3.63, 3.8) is 0 Å². The monoisotopic (exact) mass is 250 g/mol. The van der Waals surface area contributed by atoms with Crippen molar-refractivity contribution in [2.24, 2.45) is 5.92 Å². The van der Waals surface area contributed by atoms with Gasteiger partial charge in [-0.25, -0.2) is 0 Å². The molecule has 0 radical (unpaired) electrons. The molecule has 0 fully saturated rings. The standard InChI is InChI=1S/C14H22N2O2/c1-10(2)5-6-16(3)14(17)11-7-12(15)9-13(8-11)18-4/h7-10H,5-6,15H2,1-4H3. The Balaban J connectivity index is 2.79. The SMILES string of the molecule is COc1cc(N)cc(C(=O)N(C)CCC(C)C)c1. The molecular formula is C14H22N2O2. The molecule has 0 spiro atoms. The van der Waals surface area contributed by atoms with Crippen LogP contribution in [0.4, 0.5) is 5.69 Å². The van der Waals surface area contributed by atoms with Crippen LogP contribution in [0.2, 0.25) is 0 Å². The van der Waals surface area contributed by atoms with Gasteiger partial charge in [0.2, 0.25) is 0 Å². The van der Waals surface area contributed by atoms with Gasteiger partial charge in [0.15, 0.2) is 0 Å². The number of carbonyl (C=O) groups is 1. The number of methoxy groups -OCH3 is 1. The van der Waals surface area contributed by atoms with Gasteiger partial charge >= 0.3 is 0 Å². The van der Waals surface area contributed by atoms with Gasteiger partial charge in [-0.05, 0) is 24.5 Å². The zero-order valence-corrected chi connectivity index (χ0v) is 11.6. The molecule has 4 nitrogen and oxygen atoms in total. The van der Waals surface area contributed by atoms with E-state index < -0.39 is 0 Å². The summed E-state index contributed by atoms with van der Waals surface area (Å²) >= 11 is 0. The predicted molar refractivity (Wildman–Crippen MR) is 73.8 cm³/mol. The molecule has 0 atom stereocenters. The molecule has 0 bridgehead atoms. The van der Waals surface area contributed by atoms with Gasteiger partial charge in [0.1, 0.15) is 5.75 Å².